The molecule has 1 amide bonds. The molecule has 0 saturated carbocycles. The lowest BCUT2D eigenvalue weighted by atomic mass is 10.2. The Bertz CT molecular complexity index is 776. The van der Waals surface area contributed by atoms with E-state index in [0.29, 0.717) is 11.3 Å². The molecule has 114 valence electrons. The molecule has 0 fully saturated rings. The molecule has 0 aliphatic heterocycles. The van der Waals surface area contributed by atoms with Crippen molar-refractivity contribution in [1.29, 1.82) is 0 Å². The van der Waals surface area contributed by atoms with Gasteiger partial charge in [0.1, 0.15) is 0 Å². The number of nitrogens with one attached hydrogen (secondary N) is 1. The lowest BCUT2D eigenvalue weighted by Gasteiger charge is -2.11. The Morgan fingerprint density at radius 2 is 1.39 bits per heavy atom. The van der Waals surface area contributed by atoms with E-state index in [1.807, 2.05) is 72.8 Å². The second-order valence-corrected chi connectivity index (χ2v) is 5.88. The van der Waals surface area contributed by atoms with Crippen molar-refractivity contribution in [3.63, 3.8) is 0 Å². The van der Waals surface area contributed by atoms with Gasteiger partial charge in [-0.3, -0.25) is 4.79 Å². The zero-order valence-corrected chi connectivity index (χ0v) is 13.1. The van der Waals surface area contributed by atoms with E-state index in [-0.39, 0.29) is 5.91 Å². The number of amides is 1. The smallest absolute Gasteiger partial charge is 0.283 e. The first-order valence-corrected chi connectivity index (χ1v) is 7.99. The Morgan fingerprint density at radius 3 is 2.13 bits per heavy atom. The van der Waals surface area contributed by atoms with Crippen molar-refractivity contribution < 1.29 is 9.63 Å². The van der Waals surface area contributed by atoms with E-state index >= 15 is 0 Å². The Kier molecular flexibility index (Phi) is 4.96. The summed E-state index contributed by atoms with van der Waals surface area (Å²) >= 11 is 1.59. The van der Waals surface area contributed by atoms with Crippen LogP contribution in [0.1, 0.15) is 10.4 Å². The normalized spacial score (nSPS) is 10.1. The van der Waals surface area contributed by atoms with Gasteiger partial charge in [-0.2, -0.15) is 5.48 Å². The maximum absolute atomic E-state index is 12.0. The van der Waals surface area contributed by atoms with Crippen LogP contribution in [-0.4, -0.2) is 5.91 Å². The first-order chi connectivity index (χ1) is 11.3. The Hall–Kier alpha value is -2.72. The summed E-state index contributed by atoms with van der Waals surface area (Å²) in [5.74, 6) is 0.343. The molecular weight excluding hydrogens is 306 g/mol. The molecule has 4 heteroatoms. The highest BCUT2D eigenvalue weighted by atomic mass is 32.2. The van der Waals surface area contributed by atoms with Gasteiger partial charge in [0.25, 0.3) is 5.91 Å². The Labute approximate surface area is 139 Å². The molecule has 0 radical (unpaired) electrons. The highest BCUT2D eigenvalue weighted by molar-refractivity contribution is 7.99. The molecule has 1 N–H and O–H groups in total. The SMILES string of the molecule is O=C(NOc1ccccc1Sc1ccccc1)c1ccccc1. The third kappa shape index (κ3) is 4.14. The largest absolute Gasteiger partial charge is 0.378 e. The van der Waals surface area contributed by atoms with Crippen molar-refractivity contribution in [3.05, 3.63) is 90.5 Å². The first kappa shape index (κ1) is 15.2. The maximum atomic E-state index is 12.0. The first-order valence-electron chi connectivity index (χ1n) is 7.17. The zero-order valence-electron chi connectivity index (χ0n) is 12.3. The summed E-state index contributed by atoms with van der Waals surface area (Å²) in [6.45, 7) is 0. The fourth-order valence-electron chi connectivity index (χ4n) is 1.98. The molecule has 3 nitrogen and oxygen atoms in total. The molecule has 0 bridgehead atoms. The molecule has 23 heavy (non-hydrogen) atoms. The highest BCUT2D eigenvalue weighted by Gasteiger charge is 2.09. The number of benzene rings is 3. The van der Waals surface area contributed by atoms with Crippen molar-refractivity contribution in [3.8, 4) is 5.75 Å². The lowest BCUT2D eigenvalue weighted by molar-refractivity contribution is 0.0754. The Morgan fingerprint density at radius 1 is 0.783 bits per heavy atom. The average Bonchev–Trinajstić information content (AvgIpc) is 2.62. The van der Waals surface area contributed by atoms with Crippen molar-refractivity contribution in [2.45, 2.75) is 9.79 Å². The minimum atomic E-state index is -0.273. The van der Waals surface area contributed by atoms with Crippen LogP contribution in [0, 0.1) is 0 Å². The van der Waals surface area contributed by atoms with E-state index in [9.17, 15) is 4.79 Å². The molecule has 0 spiro atoms. The predicted molar refractivity (Wildman–Crippen MR) is 91.5 cm³/mol. The number of carbonyl (C=O) groups is 1. The summed E-state index contributed by atoms with van der Waals surface area (Å²) in [5, 5.41) is 0. The van der Waals surface area contributed by atoms with Crippen LogP contribution in [0.25, 0.3) is 0 Å². The van der Waals surface area contributed by atoms with E-state index in [4.69, 9.17) is 4.84 Å². The lowest BCUT2D eigenvalue weighted by Crippen LogP contribution is -2.27. The summed E-state index contributed by atoms with van der Waals surface area (Å²) in [6, 6.07) is 26.6. The molecule has 0 aliphatic rings. The summed E-state index contributed by atoms with van der Waals surface area (Å²) < 4.78 is 0. The second-order valence-electron chi connectivity index (χ2n) is 4.76. The van der Waals surface area contributed by atoms with Crippen LogP contribution in [0.5, 0.6) is 5.75 Å². The van der Waals surface area contributed by atoms with Gasteiger partial charge >= 0.3 is 0 Å². The molecule has 3 aromatic carbocycles. The van der Waals surface area contributed by atoms with Crippen molar-refractivity contribution in [2.24, 2.45) is 0 Å². The number of para-hydroxylation sites is 1. The zero-order chi connectivity index (χ0) is 15.9. The molecule has 0 aliphatic carbocycles. The molecule has 3 rings (SSSR count). The van der Waals surface area contributed by atoms with Gasteiger partial charge in [0, 0.05) is 10.5 Å². The van der Waals surface area contributed by atoms with Crippen LogP contribution in [0.15, 0.2) is 94.7 Å². The van der Waals surface area contributed by atoms with Crippen LogP contribution in [-0.2, 0) is 0 Å². The third-order valence-electron chi connectivity index (χ3n) is 3.11. The maximum Gasteiger partial charge on any atom is 0.283 e. The molecule has 3 aromatic rings. The molecule has 0 aromatic heterocycles. The third-order valence-corrected chi connectivity index (χ3v) is 4.17. The fraction of sp³-hybridized carbons (Fsp3) is 0. The quantitative estimate of drug-likeness (QED) is 0.700. The number of carbonyl (C=O) groups excluding carboxylic acids is 1. The van der Waals surface area contributed by atoms with Gasteiger partial charge in [-0.05, 0) is 36.4 Å². The second kappa shape index (κ2) is 7.51. The fourth-order valence-corrected chi connectivity index (χ4v) is 2.89. The highest BCUT2D eigenvalue weighted by Crippen LogP contribution is 2.34. The van der Waals surface area contributed by atoms with Gasteiger partial charge in [0.05, 0.1) is 4.90 Å². The summed E-state index contributed by atoms with van der Waals surface area (Å²) in [4.78, 5) is 19.6. The molecule has 0 unspecified atom stereocenters. The van der Waals surface area contributed by atoms with Gasteiger partial charge in [0.2, 0.25) is 0 Å². The molecule has 0 heterocycles. The van der Waals surface area contributed by atoms with E-state index < -0.39 is 0 Å². The number of rotatable bonds is 5. The summed E-state index contributed by atoms with van der Waals surface area (Å²) in [6.07, 6.45) is 0. The van der Waals surface area contributed by atoms with E-state index in [1.54, 1.807) is 23.9 Å². The van der Waals surface area contributed by atoms with Crippen LogP contribution < -0.4 is 10.3 Å². The number of hydroxylamine groups is 1. The summed E-state index contributed by atoms with van der Waals surface area (Å²) in [7, 11) is 0. The van der Waals surface area contributed by atoms with Crippen LogP contribution >= 0.6 is 11.8 Å². The molecular formula is C19H15NO2S. The molecule has 0 saturated heterocycles. The van der Waals surface area contributed by atoms with Crippen LogP contribution in [0.3, 0.4) is 0 Å². The monoisotopic (exact) mass is 321 g/mol. The van der Waals surface area contributed by atoms with Crippen molar-refractivity contribution >= 4 is 17.7 Å². The van der Waals surface area contributed by atoms with Crippen LogP contribution in [0.4, 0.5) is 0 Å². The van der Waals surface area contributed by atoms with E-state index in [0.717, 1.165) is 9.79 Å². The number of hydrogen-bond donors (Lipinski definition) is 1. The number of hydrogen-bond acceptors (Lipinski definition) is 3. The van der Waals surface area contributed by atoms with E-state index in [2.05, 4.69) is 5.48 Å². The average molecular weight is 321 g/mol. The molecule has 0 atom stereocenters. The topological polar surface area (TPSA) is 38.3 Å². The van der Waals surface area contributed by atoms with Gasteiger partial charge < -0.3 is 4.84 Å². The van der Waals surface area contributed by atoms with Gasteiger partial charge in [0.15, 0.2) is 5.75 Å². The predicted octanol–water partition coefficient (Wildman–Crippen LogP) is 4.56. The Balaban J connectivity index is 1.70. The summed E-state index contributed by atoms with van der Waals surface area (Å²) in [5.41, 5.74) is 3.05. The van der Waals surface area contributed by atoms with E-state index in [1.165, 1.54) is 0 Å². The van der Waals surface area contributed by atoms with Gasteiger partial charge in [-0.25, -0.2) is 0 Å². The minimum Gasteiger partial charge on any atom is -0.378 e. The van der Waals surface area contributed by atoms with Gasteiger partial charge in [-0.15, -0.1) is 0 Å². The van der Waals surface area contributed by atoms with Crippen LogP contribution in [0.2, 0.25) is 0 Å². The van der Waals surface area contributed by atoms with Gasteiger partial charge in [-0.1, -0.05) is 60.3 Å². The van der Waals surface area contributed by atoms with Crippen molar-refractivity contribution in [2.75, 3.05) is 0 Å². The van der Waals surface area contributed by atoms with Crippen molar-refractivity contribution in [1.82, 2.24) is 5.48 Å². The standard InChI is InChI=1S/C19H15NO2S/c21-19(15-9-3-1-4-10-15)20-22-17-13-7-8-14-18(17)23-16-11-5-2-6-12-16/h1-14H,(H,20,21). The minimum absolute atomic E-state index is 0.273.